The van der Waals surface area contributed by atoms with Gasteiger partial charge in [0.15, 0.2) is 0 Å². The molecule has 0 N–H and O–H groups in total. The van der Waals surface area contributed by atoms with Crippen LogP contribution in [0.1, 0.15) is 26.7 Å². The van der Waals surface area contributed by atoms with Crippen molar-refractivity contribution in [3.05, 3.63) is 0 Å². The number of halogens is 3. The maximum absolute atomic E-state index is 11.5. The first-order valence-corrected chi connectivity index (χ1v) is 3.70. The Morgan fingerprint density at radius 3 is 2.00 bits per heavy atom. The molecule has 0 saturated carbocycles. The second kappa shape index (κ2) is 4.33. The Hall–Kier alpha value is -0.740. The first kappa shape index (κ1) is 11.3. The molecule has 5 heteroatoms. The smallest absolute Gasteiger partial charge is 0.373 e. The van der Waals surface area contributed by atoms with Crippen LogP contribution >= 0.6 is 0 Å². The van der Waals surface area contributed by atoms with E-state index < -0.39 is 18.2 Å². The lowest BCUT2D eigenvalue weighted by Crippen LogP contribution is -2.25. The topological polar surface area (TPSA) is 26.3 Å². The molecule has 0 heterocycles. The van der Waals surface area contributed by atoms with Gasteiger partial charge in [-0.25, -0.2) is 0 Å². The molecule has 0 atom stereocenters. The van der Waals surface area contributed by atoms with Crippen LogP contribution in [-0.4, -0.2) is 12.3 Å². The van der Waals surface area contributed by atoms with E-state index in [-0.39, 0.29) is 0 Å². The summed E-state index contributed by atoms with van der Waals surface area (Å²) < 4.78 is 37.7. The van der Waals surface area contributed by atoms with E-state index in [4.69, 9.17) is 0 Å². The van der Waals surface area contributed by atoms with Crippen molar-refractivity contribution in [3.63, 3.8) is 0 Å². The van der Waals surface area contributed by atoms with E-state index in [1.807, 2.05) is 0 Å². The number of ether oxygens (including phenoxy) is 1. The fourth-order valence-electron chi connectivity index (χ4n) is 0.819. The molecule has 0 fully saturated rings. The van der Waals surface area contributed by atoms with Gasteiger partial charge < -0.3 is 4.74 Å². The number of hydrogen-bond donors (Lipinski definition) is 0. The molecule has 72 valence electrons. The van der Waals surface area contributed by atoms with Gasteiger partial charge >= 0.3 is 12.3 Å². The predicted molar refractivity (Wildman–Crippen MR) is 36.2 cm³/mol. The Kier molecular flexibility index (Phi) is 4.06. The third-order valence-electron chi connectivity index (χ3n) is 1.54. The summed E-state index contributed by atoms with van der Waals surface area (Å²) in [6.07, 6.45) is -4.11. The third kappa shape index (κ3) is 4.20. The molecule has 0 amide bonds. The van der Waals surface area contributed by atoms with Crippen molar-refractivity contribution in [2.24, 2.45) is 5.92 Å². The lowest BCUT2D eigenvalue weighted by molar-refractivity contribution is -0.308. The summed E-state index contributed by atoms with van der Waals surface area (Å²) in [5, 5.41) is 0. The van der Waals surface area contributed by atoms with Gasteiger partial charge in [-0.3, -0.25) is 4.79 Å². The zero-order valence-electron chi connectivity index (χ0n) is 6.94. The number of rotatable bonds is 3. The van der Waals surface area contributed by atoms with E-state index in [2.05, 4.69) is 4.74 Å². The van der Waals surface area contributed by atoms with Crippen molar-refractivity contribution in [2.45, 2.75) is 33.1 Å². The molecule has 0 aromatic carbocycles. The molecule has 2 nitrogen and oxygen atoms in total. The van der Waals surface area contributed by atoms with Crippen molar-refractivity contribution in [1.29, 1.82) is 0 Å². The summed E-state index contributed by atoms with van der Waals surface area (Å²) in [7, 11) is 0. The van der Waals surface area contributed by atoms with Crippen LogP contribution < -0.4 is 0 Å². The van der Waals surface area contributed by atoms with Gasteiger partial charge in [0.1, 0.15) is 0 Å². The van der Waals surface area contributed by atoms with Crippen LogP contribution in [0, 0.1) is 5.92 Å². The van der Waals surface area contributed by atoms with Gasteiger partial charge in [-0.05, 0) is 12.8 Å². The highest BCUT2D eigenvalue weighted by atomic mass is 19.4. The molecule has 0 aliphatic carbocycles. The molecule has 0 aliphatic rings. The minimum Gasteiger partial charge on any atom is -0.373 e. The SMILES string of the molecule is CCC(CC)C(=O)OC(F)(F)F. The molecular formula is C7H11F3O2. The second-order valence-electron chi connectivity index (χ2n) is 2.38. The van der Waals surface area contributed by atoms with Crippen LogP contribution in [0.3, 0.4) is 0 Å². The van der Waals surface area contributed by atoms with Gasteiger partial charge in [0.25, 0.3) is 0 Å². The fraction of sp³-hybridized carbons (Fsp3) is 0.857. The van der Waals surface area contributed by atoms with Crippen molar-refractivity contribution in [3.8, 4) is 0 Å². The zero-order valence-corrected chi connectivity index (χ0v) is 6.94. The molecule has 0 bridgehead atoms. The Morgan fingerprint density at radius 2 is 1.75 bits per heavy atom. The molecule has 0 rings (SSSR count). The van der Waals surface area contributed by atoms with Crippen LogP contribution in [0.2, 0.25) is 0 Å². The normalized spacial score (nSPS) is 11.8. The van der Waals surface area contributed by atoms with Crippen LogP contribution in [0.15, 0.2) is 0 Å². The molecule has 12 heavy (non-hydrogen) atoms. The summed E-state index contributed by atoms with van der Waals surface area (Å²) in [6, 6.07) is 0. The zero-order chi connectivity index (χ0) is 9.78. The lowest BCUT2D eigenvalue weighted by Gasteiger charge is -2.12. The largest absolute Gasteiger partial charge is 0.575 e. The molecular weight excluding hydrogens is 173 g/mol. The average molecular weight is 184 g/mol. The van der Waals surface area contributed by atoms with E-state index in [1.165, 1.54) is 0 Å². The van der Waals surface area contributed by atoms with Gasteiger partial charge in [-0.2, -0.15) is 0 Å². The molecule has 0 saturated heterocycles. The minimum absolute atomic E-state index is 0.366. The number of carbonyl (C=O) groups is 1. The van der Waals surface area contributed by atoms with Crippen LogP contribution in [-0.2, 0) is 9.53 Å². The van der Waals surface area contributed by atoms with Gasteiger partial charge in [0.05, 0.1) is 5.92 Å². The third-order valence-corrected chi connectivity index (χ3v) is 1.54. The van der Waals surface area contributed by atoms with Crippen molar-refractivity contribution in [2.75, 3.05) is 0 Å². The van der Waals surface area contributed by atoms with Gasteiger partial charge in [0, 0.05) is 0 Å². The number of esters is 1. The minimum atomic E-state index is -4.85. The highest BCUT2D eigenvalue weighted by molar-refractivity contribution is 5.72. The van der Waals surface area contributed by atoms with Crippen molar-refractivity contribution < 1.29 is 22.7 Å². The average Bonchev–Trinajstić information content (AvgIpc) is 1.85. The molecule has 0 aromatic rings. The highest BCUT2D eigenvalue weighted by Gasteiger charge is 2.35. The van der Waals surface area contributed by atoms with E-state index in [9.17, 15) is 18.0 Å². The lowest BCUT2D eigenvalue weighted by atomic mass is 10.0. The second-order valence-corrected chi connectivity index (χ2v) is 2.38. The number of hydrogen-bond acceptors (Lipinski definition) is 2. The first-order valence-electron chi connectivity index (χ1n) is 3.70. The van der Waals surface area contributed by atoms with Gasteiger partial charge in [-0.15, -0.1) is 13.2 Å². The summed E-state index contributed by atoms with van der Waals surface area (Å²) in [6.45, 7) is 3.29. The molecule has 0 aliphatic heterocycles. The standard InChI is InChI=1S/C7H11F3O2/c1-3-5(4-2)6(11)12-7(8,9)10/h5H,3-4H2,1-2H3. The Bertz CT molecular complexity index is 149. The number of alkyl halides is 3. The van der Waals surface area contributed by atoms with E-state index in [0.29, 0.717) is 12.8 Å². The first-order chi connectivity index (χ1) is 5.40. The highest BCUT2D eigenvalue weighted by Crippen LogP contribution is 2.20. The van der Waals surface area contributed by atoms with Gasteiger partial charge in [-0.1, -0.05) is 13.8 Å². The molecule has 0 aromatic heterocycles. The molecule has 0 radical (unpaired) electrons. The van der Waals surface area contributed by atoms with E-state index in [1.54, 1.807) is 13.8 Å². The Balaban J connectivity index is 4.02. The summed E-state index contributed by atoms with van der Waals surface area (Å²) in [4.78, 5) is 10.7. The van der Waals surface area contributed by atoms with Crippen molar-refractivity contribution >= 4 is 5.97 Å². The fourth-order valence-corrected chi connectivity index (χ4v) is 0.819. The number of carbonyl (C=O) groups excluding carboxylic acids is 1. The van der Waals surface area contributed by atoms with Gasteiger partial charge in [0.2, 0.25) is 0 Å². The monoisotopic (exact) mass is 184 g/mol. The van der Waals surface area contributed by atoms with Crippen LogP contribution in [0.5, 0.6) is 0 Å². The Labute approximate surface area is 68.7 Å². The molecule has 0 spiro atoms. The predicted octanol–water partition coefficient (Wildman–Crippen LogP) is 2.49. The Morgan fingerprint density at radius 1 is 1.33 bits per heavy atom. The summed E-state index contributed by atoms with van der Waals surface area (Å²) >= 11 is 0. The maximum atomic E-state index is 11.5. The van der Waals surface area contributed by atoms with E-state index >= 15 is 0 Å². The van der Waals surface area contributed by atoms with Crippen LogP contribution in [0.25, 0.3) is 0 Å². The quantitative estimate of drug-likeness (QED) is 0.630. The summed E-state index contributed by atoms with van der Waals surface area (Å²) in [5.41, 5.74) is 0. The van der Waals surface area contributed by atoms with E-state index in [0.717, 1.165) is 0 Å². The summed E-state index contributed by atoms with van der Waals surface area (Å²) in [5.74, 6) is -1.83. The van der Waals surface area contributed by atoms with Crippen molar-refractivity contribution in [1.82, 2.24) is 0 Å². The maximum Gasteiger partial charge on any atom is 0.575 e. The molecule has 0 unspecified atom stereocenters. The van der Waals surface area contributed by atoms with Crippen LogP contribution in [0.4, 0.5) is 13.2 Å².